The molecule has 3 nitrogen and oxygen atoms in total. The van der Waals surface area contributed by atoms with Crippen molar-refractivity contribution in [1.82, 2.24) is 0 Å². The summed E-state index contributed by atoms with van der Waals surface area (Å²) in [5.41, 5.74) is 0.592. The lowest BCUT2D eigenvalue weighted by Crippen LogP contribution is -2.04. The topological polar surface area (TPSA) is 39.4 Å². The molecule has 0 aliphatic carbocycles. The van der Waals surface area contributed by atoms with E-state index in [1.165, 1.54) is 7.11 Å². The number of allylic oxidation sites excluding steroid dienone is 1. The summed E-state index contributed by atoms with van der Waals surface area (Å²) < 4.78 is 10.5. The Labute approximate surface area is 106 Å². The van der Waals surface area contributed by atoms with Crippen LogP contribution in [-0.2, 0) is 4.74 Å². The average molecular weight is 242 g/mol. The first-order chi connectivity index (χ1) is 8.70. The van der Waals surface area contributed by atoms with E-state index in [0.29, 0.717) is 11.3 Å². The third kappa shape index (κ3) is 2.69. The Morgan fingerprint density at radius 2 is 1.89 bits per heavy atom. The summed E-state index contributed by atoms with van der Waals surface area (Å²) in [6.45, 7) is 1.85. The normalized spacial score (nSPS) is 11.3. The second kappa shape index (κ2) is 5.36. The van der Waals surface area contributed by atoms with Gasteiger partial charge in [-0.3, -0.25) is 4.79 Å². The lowest BCUT2D eigenvalue weighted by atomic mass is 10.1. The zero-order chi connectivity index (χ0) is 13.0. The number of carbonyl (C=O) groups excluding carboxylic acids is 1. The molecule has 0 saturated heterocycles. The molecule has 0 aliphatic rings. The standard InChI is InChI=1S/C15H14O3/c1-11-8-9-13(18-11)10-14(17-2)15(16)12-6-4-3-5-7-12/h3-10H,1-2H3. The molecule has 1 aromatic carbocycles. The van der Waals surface area contributed by atoms with E-state index in [0.717, 1.165) is 5.76 Å². The van der Waals surface area contributed by atoms with Crippen LogP contribution in [0.5, 0.6) is 0 Å². The van der Waals surface area contributed by atoms with Crippen molar-refractivity contribution in [3.8, 4) is 0 Å². The van der Waals surface area contributed by atoms with E-state index in [2.05, 4.69) is 0 Å². The highest BCUT2D eigenvalue weighted by atomic mass is 16.5. The number of benzene rings is 1. The van der Waals surface area contributed by atoms with E-state index in [1.807, 2.05) is 31.2 Å². The first-order valence-corrected chi connectivity index (χ1v) is 5.62. The maximum Gasteiger partial charge on any atom is 0.227 e. The third-order valence-corrected chi connectivity index (χ3v) is 2.51. The zero-order valence-corrected chi connectivity index (χ0v) is 10.3. The minimum atomic E-state index is -0.160. The van der Waals surface area contributed by atoms with Crippen molar-refractivity contribution in [3.63, 3.8) is 0 Å². The fourth-order valence-electron chi connectivity index (χ4n) is 1.61. The van der Waals surface area contributed by atoms with Crippen LogP contribution in [0.1, 0.15) is 21.9 Å². The third-order valence-electron chi connectivity index (χ3n) is 2.51. The van der Waals surface area contributed by atoms with E-state index in [1.54, 1.807) is 24.3 Å². The molecule has 0 aliphatic heterocycles. The number of rotatable bonds is 4. The maximum atomic E-state index is 12.2. The summed E-state index contributed by atoms with van der Waals surface area (Å²) in [4.78, 5) is 12.2. The van der Waals surface area contributed by atoms with Crippen LogP contribution >= 0.6 is 0 Å². The number of ether oxygens (including phenoxy) is 1. The van der Waals surface area contributed by atoms with Gasteiger partial charge in [0.2, 0.25) is 5.78 Å². The number of hydrogen-bond acceptors (Lipinski definition) is 3. The van der Waals surface area contributed by atoms with Gasteiger partial charge < -0.3 is 9.15 Å². The molecule has 0 unspecified atom stereocenters. The van der Waals surface area contributed by atoms with E-state index >= 15 is 0 Å². The SMILES string of the molecule is COC(=Cc1ccc(C)o1)C(=O)c1ccccc1. The lowest BCUT2D eigenvalue weighted by molar-refractivity contribution is 0.0957. The van der Waals surface area contributed by atoms with Crippen LogP contribution in [0.25, 0.3) is 6.08 Å². The number of ketones is 1. The minimum absolute atomic E-state index is 0.160. The largest absolute Gasteiger partial charge is 0.492 e. The van der Waals surface area contributed by atoms with Gasteiger partial charge in [0.1, 0.15) is 11.5 Å². The molecule has 0 fully saturated rings. The Morgan fingerprint density at radius 1 is 1.17 bits per heavy atom. The molecule has 0 atom stereocenters. The summed E-state index contributed by atoms with van der Waals surface area (Å²) in [6.07, 6.45) is 1.60. The number of Topliss-reactive ketones (excluding diaryl/α,β-unsaturated/α-hetero) is 1. The van der Waals surface area contributed by atoms with Crippen LogP contribution < -0.4 is 0 Å². The van der Waals surface area contributed by atoms with Gasteiger partial charge in [0.05, 0.1) is 7.11 Å². The highest BCUT2D eigenvalue weighted by molar-refractivity contribution is 6.09. The van der Waals surface area contributed by atoms with E-state index in [-0.39, 0.29) is 11.5 Å². The molecule has 0 saturated carbocycles. The van der Waals surface area contributed by atoms with Crippen LogP contribution in [0.2, 0.25) is 0 Å². The van der Waals surface area contributed by atoms with Crippen molar-refractivity contribution >= 4 is 11.9 Å². The summed E-state index contributed by atoms with van der Waals surface area (Å²) in [6, 6.07) is 12.6. The Hall–Kier alpha value is -2.29. The Morgan fingerprint density at radius 3 is 2.44 bits per heavy atom. The fourth-order valence-corrected chi connectivity index (χ4v) is 1.61. The van der Waals surface area contributed by atoms with E-state index in [4.69, 9.17) is 9.15 Å². The van der Waals surface area contributed by atoms with Gasteiger partial charge in [-0.05, 0) is 19.1 Å². The quantitative estimate of drug-likeness (QED) is 0.468. The molecule has 0 radical (unpaired) electrons. The molecular formula is C15H14O3. The molecule has 2 rings (SSSR count). The van der Waals surface area contributed by atoms with Crippen molar-refractivity contribution in [2.45, 2.75) is 6.92 Å². The van der Waals surface area contributed by atoms with Crippen LogP contribution in [0, 0.1) is 6.92 Å². The van der Waals surface area contributed by atoms with Crippen LogP contribution in [0.4, 0.5) is 0 Å². The molecule has 2 aromatic rings. The lowest BCUT2D eigenvalue weighted by Gasteiger charge is -2.04. The number of methoxy groups -OCH3 is 1. The first-order valence-electron chi connectivity index (χ1n) is 5.62. The van der Waals surface area contributed by atoms with Gasteiger partial charge in [-0.1, -0.05) is 30.3 Å². The fraction of sp³-hybridized carbons (Fsp3) is 0.133. The van der Waals surface area contributed by atoms with Crippen molar-refractivity contribution in [3.05, 3.63) is 65.3 Å². The minimum Gasteiger partial charge on any atom is -0.492 e. The highest BCUT2D eigenvalue weighted by Gasteiger charge is 2.13. The molecule has 92 valence electrons. The monoisotopic (exact) mass is 242 g/mol. The van der Waals surface area contributed by atoms with Gasteiger partial charge in [0.25, 0.3) is 0 Å². The molecule has 18 heavy (non-hydrogen) atoms. The molecule has 1 aromatic heterocycles. The smallest absolute Gasteiger partial charge is 0.227 e. The molecule has 0 spiro atoms. The van der Waals surface area contributed by atoms with Gasteiger partial charge in [0.15, 0.2) is 5.76 Å². The van der Waals surface area contributed by atoms with E-state index in [9.17, 15) is 4.79 Å². The van der Waals surface area contributed by atoms with Crippen LogP contribution in [0.15, 0.2) is 52.6 Å². The maximum absolute atomic E-state index is 12.2. The van der Waals surface area contributed by atoms with Gasteiger partial charge in [-0.2, -0.15) is 0 Å². The molecule has 3 heteroatoms. The second-order valence-electron chi connectivity index (χ2n) is 3.86. The molecule has 1 heterocycles. The number of aryl methyl sites for hydroxylation is 1. The van der Waals surface area contributed by atoms with Crippen molar-refractivity contribution < 1.29 is 13.9 Å². The molecule has 0 N–H and O–H groups in total. The molecular weight excluding hydrogens is 228 g/mol. The highest BCUT2D eigenvalue weighted by Crippen LogP contribution is 2.15. The summed E-state index contributed by atoms with van der Waals surface area (Å²) in [5.74, 6) is 1.50. The van der Waals surface area contributed by atoms with E-state index < -0.39 is 0 Å². The predicted octanol–water partition coefficient (Wildman–Crippen LogP) is 3.46. The summed E-state index contributed by atoms with van der Waals surface area (Å²) in [7, 11) is 1.47. The van der Waals surface area contributed by atoms with Crippen molar-refractivity contribution in [2.24, 2.45) is 0 Å². The second-order valence-corrected chi connectivity index (χ2v) is 3.86. The first kappa shape index (κ1) is 12.2. The average Bonchev–Trinajstić information content (AvgIpc) is 2.82. The Kier molecular flexibility index (Phi) is 3.63. The summed E-state index contributed by atoms with van der Waals surface area (Å²) in [5, 5.41) is 0. The zero-order valence-electron chi connectivity index (χ0n) is 10.3. The number of furan rings is 1. The van der Waals surface area contributed by atoms with Gasteiger partial charge >= 0.3 is 0 Å². The van der Waals surface area contributed by atoms with Crippen molar-refractivity contribution in [1.29, 1.82) is 0 Å². The Balaban J connectivity index is 2.29. The molecule has 0 bridgehead atoms. The van der Waals surface area contributed by atoms with Gasteiger partial charge in [-0.25, -0.2) is 0 Å². The number of hydrogen-bond donors (Lipinski definition) is 0. The van der Waals surface area contributed by atoms with Gasteiger partial charge in [0, 0.05) is 11.6 Å². The van der Waals surface area contributed by atoms with Crippen LogP contribution in [-0.4, -0.2) is 12.9 Å². The Bertz CT molecular complexity index is 564. The summed E-state index contributed by atoms with van der Waals surface area (Å²) >= 11 is 0. The predicted molar refractivity (Wildman–Crippen MR) is 69.2 cm³/mol. The van der Waals surface area contributed by atoms with Gasteiger partial charge in [-0.15, -0.1) is 0 Å². The van der Waals surface area contributed by atoms with Crippen LogP contribution in [0.3, 0.4) is 0 Å². The van der Waals surface area contributed by atoms with Crippen molar-refractivity contribution in [2.75, 3.05) is 7.11 Å². The number of carbonyl (C=O) groups is 1. The molecule has 0 amide bonds.